The van der Waals surface area contributed by atoms with Gasteiger partial charge in [-0.25, -0.2) is 8.78 Å². The van der Waals surface area contributed by atoms with Gasteiger partial charge in [-0.2, -0.15) is 0 Å². The SMILES string of the molecule is CCC[C@@H]1O[C@@H]2CC3C4C[C@H](F)C5=CC(=O)CC[C@]5(C)[C@@]4(F)[C@@H](O)C[C@]3(C)[C@]2(SC)O1. The van der Waals surface area contributed by atoms with Crippen LogP contribution in [0.2, 0.25) is 0 Å². The van der Waals surface area contributed by atoms with Crippen LogP contribution in [0.25, 0.3) is 0 Å². The van der Waals surface area contributed by atoms with E-state index in [4.69, 9.17) is 9.47 Å². The minimum Gasteiger partial charge on any atom is -0.390 e. The summed E-state index contributed by atoms with van der Waals surface area (Å²) in [5, 5.41) is 11.4. The van der Waals surface area contributed by atoms with Gasteiger partial charge in [-0.1, -0.05) is 27.2 Å². The number of allylic oxidation sites excluding steroid dienone is 1. The molecule has 1 saturated heterocycles. The molecule has 0 aromatic heterocycles. The van der Waals surface area contributed by atoms with E-state index in [9.17, 15) is 9.90 Å². The Morgan fingerprint density at radius 3 is 2.71 bits per heavy atom. The van der Waals surface area contributed by atoms with Gasteiger partial charge in [-0.15, -0.1) is 11.8 Å². The molecular weight excluding hydrogens is 422 g/mol. The van der Waals surface area contributed by atoms with Crippen LogP contribution < -0.4 is 0 Å². The van der Waals surface area contributed by atoms with Gasteiger partial charge in [0, 0.05) is 23.2 Å². The molecule has 0 aromatic carbocycles. The van der Waals surface area contributed by atoms with E-state index in [1.165, 1.54) is 6.08 Å². The average molecular weight is 457 g/mol. The second kappa shape index (κ2) is 7.00. The zero-order valence-electron chi connectivity index (χ0n) is 18.8. The number of rotatable bonds is 3. The van der Waals surface area contributed by atoms with E-state index in [1.807, 2.05) is 6.26 Å². The Morgan fingerprint density at radius 1 is 1.29 bits per heavy atom. The quantitative estimate of drug-likeness (QED) is 0.665. The molecule has 0 aromatic rings. The Kier molecular flexibility index (Phi) is 5.04. The molecule has 1 N–H and O–H groups in total. The highest BCUT2D eigenvalue weighted by molar-refractivity contribution is 7.99. The lowest BCUT2D eigenvalue weighted by molar-refractivity contribution is -0.232. The number of fused-ring (bicyclic) bond motifs is 7. The maximum atomic E-state index is 17.2. The predicted molar refractivity (Wildman–Crippen MR) is 115 cm³/mol. The van der Waals surface area contributed by atoms with E-state index in [0.29, 0.717) is 6.42 Å². The van der Waals surface area contributed by atoms with E-state index in [0.717, 1.165) is 12.8 Å². The summed E-state index contributed by atoms with van der Waals surface area (Å²) in [4.78, 5) is 11.4. The van der Waals surface area contributed by atoms with Crippen LogP contribution in [0.5, 0.6) is 0 Å². The molecule has 0 amide bonds. The molecule has 4 aliphatic carbocycles. The smallest absolute Gasteiger partial charge is 0.160 e. The standard InChI is InChI=1S/C24H34F2O4S/c1-5-6-20-29-19-11-14-15-10-17(25)16-9-13(27)7-8-21(16,2)23(15,26)18(28)12-22(14,3)24(19,30-20)31-4/h9,14-15,17-20,28H,5-8,10-12H2,1-4H3/t14?,15?,17-,18-,19+,20+,21-,22-,23-,24-/m0/s1. The van der Waals surface area contributed by atoms with Crippen LogP contribution in [0.15, 0.2) is 11.6 Å². The van der Waals surface area contributed by atoms with Crippen LogP contribution in [0.1, 0.15) is 65.7 Å². The second-order valence-electron chi connectivity index (χ2n) is 10.8. The fraction of sp³-hybridized carbons (Fsp3) is 0.875. The molecule has 10 atom stereocenters. The van der Waals surface area contributed by atoms with Gasteiger partial charge in [-0.05, 0) is 55.9 Å². The van der Waals surface area contributed by atoms with Gasteiger partial charge in [0.15, 0.2) is 12.1 Å². The van der Waals surface area contributed by atoms with Crippen molar-refractivity contribution in [2.75, 3.05) is 6.26 Å². The number of hydrogen-bond donors (Lipinski definition) is 1. The highest BCUT2D eigenvalue weighted by Gasteiger charge is 2.78. The molecular formula is C24H34F2O4S. The molecule has 31 heavy (non-hydrogen) atoms. The van der Waals surface area contributed by atoms with Gasteiger partial charge in [0.2, 0.25) is 0 Å². The van der Waals surface area contributed by atoms with Crippen molar-refractivity contribution in [3.05, 3.63) is 11.6 Å². The van der Waals surface area contributed by atoms with E-state index in [2.05, 4.69) is 13.8 Å². The predicted octanol–water partition coefficient (Wildman–Crippen LogP) is 4.74. The first-order valence-electron chi connectivity index (χ1n) is 11.7. The Balaban J connectivity index is 1.58. The number of halogens is 2. The third-order valence-electron chi connectivity index (χ3n) is 9.55. The second-order valence-corrected chi connectivity index (χ2v) is 11.8. The number of carbonyl (C=O) groups excluding carboxylic acids is 1. The number of hydrogen-bond acceptors (Lipinski definition) is 5. The highest BCUT2D eigenvalue weighted by Crippen LogP contribution is 2.74. The summed E-state index contributed by atoms with van der Waals surface area (Å²) in [6, 6.07) is 0. The molecule has 4 fully saturated rings. The maximum Gasteiger partial charge on any atom is 0.160 e. The van der Waals surface area contributed by atoms with Gasteiger partial charge >= 0.3 is 0 Å². The van der Waals surface area contributed by atoms with Gasteiger partial charge in [0.1, 0.15) is 16.8 Å². The molecule has 0 spiro atoms. The molecule has 5 aliphatic rings. The first-order chi connectivity index (χ1) is 14.6. The molecule has 0 radical (unpaired) electrons. The van der Waals surface area contributed by atoms with Crippen LogP contribution >= 0.6 is 11.8 Å². The number of ether oxygens (including phenoxy) is 2. The summed E-state index contributed by atoms with van der Waals surface area (Å²) in [5.41, 5.74) is -3.41. The van der Waals surface area contributed by atoms with Crippen LogP contribution in [-0.2, 0) is 14.3 Å². The van der Waals surface area contributed by atoms with Crippen molar-refractivity contribution in [1.82, 2.24) is 0 Å². The van der Waals surface area contributed by atoms with Crippen molar-refractivity contribution < 1.29 is 28.2 Å². The minimum atomic E-state index is -1.96. The van der Waals surface area contributed by atoms with Crippen LogP contribution in [0.3, 0.4) is 0 Å². The summed E-state index contributed by atoms with van der Waals surface area (Å²) in [6.07, 6.45) is 3.26. The van der Waals surface area contributed by atoms with E-state index >= 15 is 8.78 Å². The number of thioether (sulfide) groups is 1. The van der Waals surface area contributed by atoms with Crippen molar-refractivity contribution in [2.45, 2.75) is 101 Å². The Morgan fingerprint density at radius 2 is 2.03 bits per heavy atom. The summed E-state index contributed by atoms with van der Waals surface area (Å²) in [5.74, 6) is -0.943. The van der Waals surface area contributed by atoms with Crippen molar-refractivity contribution in [2.24, 2.45) is 22.7 Å². The van der Waals surface area contributed by atoms with Gasteiger partial charge in [-0.3, -0.25) is 4.79 Å². The number of ketones is 1. The number of aliphatic hydroxyl groups excluding tert-OH is 1. The molecule has 1 aliphatic heterocycles. The lowest BCUT2D eigenvalue weighted by Crippen LogP contribution is -2.70. The van der Waals surface area contributed by atoms with E-state index < -0.39 is 39.6 Å². The first-order valence-corrected chi connectivity index (χ1v) is 12.9. The van der Waals surface area contributed by atoms with Crippen molar-refractivity contribution in [3.63, 3.8) is 0 Å². The van der Waals surface area contributed by atoms with Gasteiger partial charge < -0.3 is 14.6 Å². The number of alkyl halides is 2. The van der Waals surface area contributed by atoms with Crippen LogP contribution in [0, 0.1) is 22.7 Å². The molecule has 3 saturated carbocycles. The molecule has 1 heterocycles. The normalized spacial score (nSPS) is 55.8. The average Bonchev–Trinajstić information content (AvgIpc) is 3.18. The fourth-order valence-electron chi connectivity index (χ4n) is 8.04. The van der Waals surface area contributed by atoms with Crippen LogP contribution in [-0.4, -0.2) is 52.4 Å². The lowest BCUT2D eigenvalue weighted by Gasteiger charge is -2.64. The zero-order chi connectivity index (χ0) is 22.4. The van der Waals surface area contributed by atoms with Crippen molar-refractivity contribution in [3.8, 4) is 0 Å². The first kappa shape index (κ1) is 22.3. The molecule has 5 rings (SSSR count). The topological polar surface area (TPSA) is 55.8 Å². The largest absolute Gasteiger partial charge is 0.390 e. The van der Waals surface area contributed by atoms with Gasteiger partial charge in [0.05, 0.1) is 12.2 Å². The van der Waals surface area contributed by atoms with Crippen molar-refractivity contribution in [1.29, 1.82) is 0 Å². The maximum absolute atomic E-state index is 17.2. The monoisotopic (exact) mass is 456 g/mol. The molecule has 2 unspecified atom stereocenters. The Labute approximate surface area is 187 Å². The molecule has 174 valence electrons. The third kappa shape index (κ3) is 2.55. The summed E-state index contributed by atoms with van der Waals surface area (Å²) >= 11 is 1.60. The van der Waals surface area contributed by atoms with Gasteiger partial charge in [0.25, 0.3) is 0 Å². The lowest BCUT2D eigenvalue weighted by atomic mass is 9.44. The summed E-state index contributed by atoms with van der Waals surface area (Å²) < 4.78 is 45.5. The molecule has 7 heteroatoms. The molecule has 0 bridgehead atoms. The van der Waals surface area contributed by atoms with Crippen LogP contribution in [0.4, 0.5) is 8.78 Å². The minimum absolute atomic E-state index is 0.00190. The van der Waals surface area contributed by atoms with Crippen molar-refractivity contribution >= 4 is 17.5 Å². The zero-order valence-corrected chi connectivity index (χ0v) is 19.6. The third-order valence-corrected chi connectivity index (χ3v) is 11.0. The van der Waals surface area contributed by atoms with E-state index in [1.54, 1.807) is 18.7 Å². The highest BCUT2D eigenvalue weighted by atomic mass is 32.2. The number of carbonyl (C=O) groups is 1. The fourth-order valence-corrected chi connectivity index (χ4v) is 9.35. The Bertz CT molecular complexity index is 821. The summed E-state index contributed by atoms with van der Waals surface area (Å²) in [7, 11) is 0. The number of aliphatic hydroxyl groups is 1. The summed E-state index contributed by atoms with van der Waals surface area (Å²) in [6.45, 7) is 5.89. The Hall–Kier alpha value is -0.500. The van der Waals surface area contributed by atoms with E-state index in [-0.39, 0.29) is 55.4 Å². The molecule has 4 nitrogen and oxygen atoms in total.